The van der Waals surface area contributed by atoms with E-state index >= 15 is 0 Å². The van der Waals surface area contributed by atoms with Crippen molar-refractivity contribution in [3.63, 3.8) is 0 Å². The van der Waals surface area contributed by atoms with Gasteiger partial charge in [-0.05, 0) is 54.6 Å². The monoisotopic (exact) mass is 544 g/mol. The maximum Gasteiger partial charge on any atom is 0.418 e. The van der Waals surface area contributed by atoms with E-state index < -0.39 is 45.7 Å². The molecular formula is C23H17ClF4N2O5S. The highest BCUT2D eigenvalue weighted by Gasteiger charge is 2.35. The molecule has 0 spiro atoms. The van der Waals surface area contributed by atoms with Crippen molar-refractivity contribution in [3.05, 3.63) is 77.1 Å². The first kappa shape index (κ1) is 25.6. The van der Waals surface area contributed by atoms with Gasteiger partial charge in [0.05, 0.1) is 21.8 Å². The Labute approximate surface area is 208 Å². The van der Waals surface area contributed by atoms with Gasteiger partial charge in [0.2, 0.25) is 5.91 Å². The van der Waals surface area contributed by atoms with Crippen molar-refractivity contribution in [2.45, 2.75) is 11.1 Å². The molecule has 7 nitrogen and oxygen atoms in total. The average molecular weight is 545 g/mol. The molecule has 13 heteroatoms. The molecule has 0 atom stereocenters. The van der Waals surface area contributed by atoms with Gasteiger partial charge in [-0.3, -0.25) is 9.10 Å². The highest BCUT2D eigenvalue weighted by atomic mass is 35.5. The highest BCUT2D eigenvalue weighted by Crippen LogP contribution is 2.37. The molecule has 0 aliphatic carbocycles. The quantitative estimate of drug-likeness (QED) is 0.436. The number of halogens is 5. The third-order valence-corrected chi connectivity index (χ3v) is 7.07. The Balaban J connectivity index is 1.69. The van der Waals surface area contributed by atoms with Gasteiger partial charge in [-0.25, -0.2) is 12.8 Å². The summed E-state index contributed by atoms with van der Waals surface area (Å²) < 4.78 is 92.3. The normalized spacial score (nSPS) is 13.2. The predicted molar refractivity (Wildman–Crippen MR) is 123 cm³/mol. The topological polar surface area (TPSA) is 84.9 Å². The molecule has 36 heavy (non-hydrogen) atoms. The fraction of sp³-hybridized carbons (Fsp3) is 0.174. The van der Waals surface area contributed by atoms with E-state index in [1.807, 2.05) is 0 Å². The van der Waals surface area contributed by atoms with E-state index in [0.29, 0.717) is 16.1 Å². The lowest BCUT2D eigenvalue weighted by molar-refractivity contribution is -0.137. The van der Waals surface area contributed by atoms with Gasteiger partial charge in [0.15, 0.2) is 11.5 Å². The van der Waals surface area contributed by atoms with Crippen LogP contribution >= 0.6 is 11.6 Å². The van der Waals surface area contributed by atoms with E-state index in [2.05, 4.69) is 5.32 Å². The molecule has 1 heterocycles. The van der Waals surface area contributed by atoms with Crippen LogP contribution < -0.4 is 19.1 Å². The van der Waals surface area contributed by atoms with Gasteiger partial charge >= 0.3 is 6.18 Å². The lowest BCUT2D eigenvalue weighted by atomic mass is 10.1. The van der Waals surface area contributed by atoms with Crippen LogP contribution in [0.3, 0.4) is 0 Å². The number of fused-ring (bicyclic) bond motifs is 1. The van der Waals surface area contributed by atoms with Crippen LogP contribution in [-0.2, 0) is 21.0 Å². The summed E-state index contributed by atoms with van der Waals surface area (Å²) in [6.45, 7) is -0.433. The van der Waals surface area contributed by atoms with Gasteiger partial charge in [0.1, 0.15) is 25.6 Å². The Morgan fingerprint density at radius 3 is 2.31 bits per heavy atom. The van der Waals surface area contributed by atoms with Gasteiger partial charge in [0.25, 0.3) is 10.0 Å². The Morgan fingerprint density at radius 1 is 0.972 bits per heavy atom. The zero-order chi connectivity index (χ0) is 26.1. The maximum absolute atomic E-state index is 13.5. The maximum atomic E-state index is 13.5. The Morgan fingerprint density at radius 2 is 1.64 bits per heavy atom. The number of nitrogens with zero attached hydrogens (tertiary/aromatic N) is 1. The van der Waals surface area contributed by atoms with Crippen molar-refractivity contribution in [1.82, 2.24) is 0 Å². The standard InChI is InChI=1S/C23H17ClF4N2O5S/c24-14-1-7-19(18(11-14)23(26,27)28)29-22(31)13-30(16-4-2-15(25)3-5-16)36(32,33)17-6-8-20-21(12-17)35-10-9-34-20/h1-8,11-12H,9-10,13H2,(H,29,31). The van der Waals surface area contributed by atoms with E-state index in [4.69, 9.17) is 21.1 Å². The lowest BCUT2D eigenvalue weighted by Crippen LogP contribution is -2.38. The Bertz CT molecular complexity index is 1400. The fourth-order valence-electron chi connectivity index (χ4n) is 3.41. The molecule has 0 saturated heterocycles. The number of benzene rings is 3. The molecule has 4 rings (SSSR count). The number of carbonyl (C=O) groups is 1. The SMILES string of the molecule is O=C(CN(c1ccc(F)cc1)S(=O)(=O)c1ccc2c(c1)OCCO2)Nc1ccc(Cl)cc1C(F)(F)F. The summed E-state index contributed by atoms with van der Waals surface area (Å²) in [5, 5.41) is 1.89. The minimum absolute atomic E-state index is 0.0893. The first-order valence-electron chi connectivity index (χ1n) is 10.3. The molecule has 0 saturated carbocycles. The molecule has 3 aromatic rings. The van der Waals surface area contributed by atoms with Crippen LogP contribution in [0, 0.1) is 5.82 Å². The van der Waals surface area contributed by atoms with Crippen LogP contribution in [0.25, 0.3) is 0 Å². The van der Waals surface area contributed by atoms with Crippen LogP contribution in [0.5, 0.6) is 11.5 Å². The molecule has 1 amide bonds. The molecule has 0 unspecified atom stereocenters. The van der Waals surface area contributed by atoms with Crippen LogP contribution in [-0.4, -0.2) is 34.1 Å². The summed E-state index contributed by atoms with van der Waals surface area (Å²) in [4.78, 5) is 12.5. The summed E-state index contributed by atoms with van der Waals surface area (Å²) in [5.74, 6) is -1.24. The van der Waals surface area contributed by atoms with Crippen LogP contribution in [0.4, 0.5) is 28.9 Å². The third kappa shape index (κ3) is 5.49. The second kappa shape index (κ2) is 9.86. The molecule has 0 radical (unpaired) electrons. The van der Waals surface area contributed by atoms with E-state index in [0.717, 1.165) is 36.4 Å². The third-order valence-electron chi connectivity index (χ3n) is 5.06. The molecular weight excluding hydrogens is 528 g/mol. The molecule has 0 fully saturated rings. The predicted octanol–water partition coefficient (Wildman–Crippen LogP) is 5.10. The second-order valence-corrected chi connectivity index (χ2v) is 9.83. The summed E-state index contributed by atoms with van der Waals surface area (Å²) >= 11 is 5.66. The van der Waals surface area contributed by atoms with Crippen molar-refractivity contribution in [1.29, 1.82) is 0 Å². The number of carbonyl (C=O) groups excluding carboxylic acids is 1. The minimum Gasteiger partial charge on any atom is -0.486 e. The van der Waals surface area contributed by atoms with Gasteiger partial charge in [0, 0.05) is 11.1 Å². The summed E-state index contributed by atoms with van der Waals surface area (Å²) in [5.41, 5.74) is -1.90. The van der Waals surface area contributed by atoms with Crippen molar-refractivity contribution in [2.24, 2.45) is 0 Å². The van der Waals surface area contributed by atoms with Gasteiger partial charge in [-0.15, -0.1) is 0 Å². The molecule has 3 aromatic carbocycles. The molecule has 1 aliphatic heterocycles. The number of hydrogen-bond acceptors (Lipinski definition) is 5. The number of anilines is 2. The second-order valence-electron chi connectivity index (χ2n) is 7.53. The smallest absolute Gasteiger partial charge is 0.418 e. The Hall–Kier alpha value is -3.51. The van der Waals surface area contributed by atoms with Crippen molar-refractivity contribution < 1.29 is 40.2 Å². The Kier molecular flexibility index (Phi) is 7.01. The molecule has 0 aromatic heterocycles. The van der Waals surface area contributed by atoms with Crippen LogP contribution in [0.15, 0.2) is 65.6 Å². The zero-order valence-corrected chi connectivity index (χ0v) is 19.8. The molecule has 1 aliphatic rings. The molecule has 0 bridgehead atoms. The van der Waals surface area contributed by atoms with Crippen molar-refractivity contribution in [2.75, 3.05) is 29.4 Å². The van der Waals surface area contributed by atoms with Crippen LogP contribution in [0.2, 0.25) is 5.02 Å². The van der Waals surface area contributed by atoms with Gasteiger partial charge in [-0.2, -0.15) is 13.2 Å². The average Bonchev–Trinajstić information content (AvgIpc) is 2.83. The lowest BCUT2D eigenvalue weighted by Gasteiger charge is -2.25. The minimum atomic E-state index is -4.83. The number of sulfonamides is 1. The van der Waals surface area contributed by atoms with Gasteiger partial charge < -0.3 is 14.8 Å². The fourth-order valence-corrected chi connectivity index (χ4v) is 5.02. The summed E-state index contributed by atoms with van der Waals surface area (Å²) in [7, 11) is -4.46. The first-order chi connectivity index (χ1) is 16.9. The van der Waals surface area contributed by atoms with Crippen LogP contribution in [0.1, 0.15) is 5.56 Å². The number of hydrogen-bond donors (Lipinski definition) is 1. The number of amides is 1. The van der Waals surface area contributed by atoms with E-state index in [1.165, 1.54) is 18.2 Å². The largest absolute Gasteiger partial charge is 0.486 e. The van der Waals surface area contributed by atoms with Crippen molar-refractivity contribution in [3.8, 4) is 11.5 Å². The molecule has 1 N–H and O–H groups in total. The first-order valence-corrected chi connectivity index (χ1v) is 12.1. The van der Waals surface area contributed by atoms with Crippen molar-refractivity contribution >= 4 is 38.9 Å². The number of rotatable bonds is 6. The number of nitrogens with one attached hydrogen (secondary N) is 1. The summed E-state index contributed by atoms with van der Waals surface area (Å²) in [6.07, 6.45) is -4.83. The number of alkyl halides is 3. The zero-order valence-electron chi connectivity index (χ0n) is 18.2. The highest BCUT2D eigenvalue weighted by molar-refractivity contribution is 7.92. The van der Waals surface area contributed by atoms with E-state index in [1.54, 1.807) is 0 Å². The van der Waals surface area contributed by atoms with Gasteiger partial charge in [-0.1, -0.05) is 11.6 Å². The summed E-state index contributed by atoms with van der Waals surface area (Å²) in [6, 6.07) is 10.8. The number of ether oxygens (including phenoxy) is 2. The van der Waals surface area contributed by atoms with E-state index in [-0.39, 0.29) is 34.6 Å². The van der Waals surface area contributed by atoms with E-state index in [9.17, 15) is 30.8 Å². The molecule has 190 valence electrons.